The van der Waals surface area contributed by atoms with Gasteiger partial charge in [0.2, 0.25) is 5.88 Å². The number of ether oxygens (including phenoxy) is 2. The van der Waals surface area contributed by atoms with Crippen LogP contribution in [0, 0.1) is 11.6 Å². The number of halogens is 3. The lowest BCUT2D eigenvalue weighted by atomic mass is 10.2. The first kappa shape index (κ1) is 27.1. The zero-order chi connectivity index (χ0) is 25.4. The van der Waals surface area contributed by atoms with Crippen molar-refractivity contribution >= 4 is 40.1 Å². The van der Waals surface area contributed by atoms with Crippen molar-refractivity contribution in [1.29, 1.82) is 0 Å². The number of anilines is 1. The number of rotatable bonds is 11. The lowest BCUT2D eigenvalue weighted by Gasteiger charge is -2.22. The van der Waals surface area contributed by atoms with E-state index < -0.39 is 30.2 Å². The van der Waals surface area contributed by atoms with Crippen LogP contribution in [0.2, 0.25) is 5.02 Å². The summed E-state index contributed by atoms with van der Waals surface area (Å²) < 4.78 is 42.1. The molecule has 3 N–H and O–H groups in total. The minimum atomic E-state index is -0.904. The summed E-state index contributed by atoms with van der Waals surface area (Å²) in [5.74, 6) is -2.86. The summed E-state index contributed by atoms with van der Waals surface area (Å²) in [6.45, 7) is 1.85. The molecule has 0 aliphatic carbocycles. The number of aromatic nitrogens is 1. The Hall–Kier alpha value is -2.54. The molecule has 1 saturated heterocycles. The number of hydrogen-bond acceptors (Lipinski definition) is 8. The van der Waals surface area contributed by atoms with Gasteiger partial charge in [-0.3, -0.25) is 10.2 Å². The van der Waals surface area contributed by atoms with E-state index in [4.69, 9.17) is 21.1 Å². The van der Waals surface area contributed by atoms with E-state index in [-0.39, 0.29) is 39.7 Å². The molecule has 9 nitrogen and oxygen atoms in total. The molecule has 0 saturated carbocycles. The maximum Gasteiger partial charge on any atom is 0.346 e. The average Bonchev–Trinajstić information content (AvgIpc) is 3.44. The molecule has 192 valence electrons. The molecule has 1 unspecified atom stereocenters. The van der Waals surface area contributed by atoms with Gasteiger partial charge in [0.15, 0.2) is 5.56 Å². The number of carbonyl (C=O) groups is 2. The highest BCUT2D eigenvalue weighted by atomic mass is 35.5. The van der Waals surface area contributed by atoms with Crippen LogP contribution in [0.3, 0.4) is 0 Å². The van der Waals surface area contributed by atoms with Gasteiger partial charge in [0, 0.05) is 17.6 Å². The molecule has 1 aliphatic heterocycles. The highest BCUT2D eigenvalue weighted by Crippen LogP contribution is 2.32. The molecule has 1 atom stereocenters. The highest BCUT2D eigenvalue weighted by molar-refractivity contribution is 7.11. The van der Waals surface area contributed by atoms with Crippen molar-refractivity contribution in [2.75, 3.05) is 38.7 Å². The number of benzene rings is 1. The van der Waals surface area contributed by atoms with Crippen LogP contribution in [-0.2, 0) is 11.3 Å². The second-order valence-electron chi connectivity index (χ2n) is 7.92. The van der Waals surface area contributed by atoms with Crippen LogP contribution < -0.4 is 15.4 Å². The third kappa shape index (κ3) is 7.23. The van der Waals surface area contributed by atoms with Gasteiger partial charge in [0.25, 0.3) is 0 Å². The van der Waals surface area contributed by atoms with E-state index in [9.17, 15) is 23.5 Å². The average molecular weight is 533 g/mol. The van der Waals surface area contributed by atoms with E-state index in [0.717, 1.165) is 69.5 Å². The first-order valence-corrected chi connectivity index (χ1v) is 12.2. The predicted octanol–water partition coefficient (Wildman–Crippen LogP) is 3.80. The highest BCUT2D eigenvalue weighted by Gasteiger charge is 2.26. The molecule has 0 bridgehead atoms. The summed E-state index contributed by atoms with van der Waals surface area (Å²) >= 11 is 6.39. The van der Waals surface area contributed by atoms with Crippen LogP contribution in [0.1, 0.15) is 41.6 Å². The number of amides is 2. The summed E-state index contributed by atoms with van der Waals surface area (Å²) in [4.78, 5) is 26.8. The molecule has 1 aromatic heterocycles. The molecule has 1 fully saturated rings. The molecule has 13 heteroatoms. The second kappa shape index (κ2) is 13.0. The monoisotopic (exact) mass is 532 g/mol. The van der Waals surface area contributed by atoms with Crippen LogP contribution >= 0.6 is 23.1 Å². The van der Waals surface area contributed by atoms with Crippen molar-refractivity contribution in [1.82, 2.24) is 14.6 Å². The standard InChI is InChI=1S/C22H27ClF2N4O5S/c1-33-21(31)18-19(34-12-15-16(24)9-13(23)10-17(15)25)28-35-20(18)27-22(32)26-6-2-3-7-29-8-4-5-14(29)11-30/h9-10,14,30H,2-8,11-12H2,1H3,(H2,26,27,32). The van der Waals surface area contributed by atoms with Gasteiger partial charge in [-0.25, -0.2) is 18.4 Å². The fourth-order valence-corrected chi connectivity index (χ4v) is 4.69. The minimum Gasteiger partial charge on any atom is -0.471 e. The van der Waals surface area contributed by atoms with Crippen LogP contribution in [0.5, 0.6) is 5.88 Å². The molecule has 2 heterocycles. The maximum absolute atomic E-state index is 14.0. The normalized spacial score (nSPS) is 15.7. The predicted molar refractivity (Wildman–Crippen MR) is 127 cm³/mol. The molecule has 1 aromatic carbocycles. The van der Waals surface area contributed by atoms with Crippen molar-refractivity contribution in [2.45, 2.75) is 38.3 Å². The lowest BCUT2D eigenvalue weighted by Crippen LogP contribution is -2.34. The molecule has 3 rings (SSSR count). The zero-order valence-electron chi connectivity index (χ0n) is 19.1. The molecule has 1 aliphatic rings. The lowest BCUT2D eigenvalue weighted by molar-refractivity contribution is 0.0596. The van der Waals surface area contributed by atoms with Gasteiger partial charge >= 0.3 is 12.0 Å². The van der Waals surface area contributed by atoms with Gasteiger partial charge in [-0.2, -0.15) is 4.37 Å². The summed E-state index contributed by atoms with van der Waals surface area (Å²) in [6.07, 6.45) is 3.68. The minimum absolute atomic E-state index is 0.0734. The molecular formula is C22H27ClF2N4O5S. The summed E-state index contributed by atoms with van der Waals surface area (Å²) in [7, 11) is 1.15. The van der Waals surface area contributed by atoms with E-state index in [1.54, 1.807) is 0 Å². The molecule has 2 aromatic rings. The number of nitrogens with zero attached hydrogens (tertiary/aromatic N) is 2. The number of esters is 1. The SMILES string of the molecule is COC(=O)c1c(OCc2c(F)cc(Cl)cc2F)nsc1NC(=O)NCCCCN1CCCC1CO. The Morgan fingerprint density at radius 2 is 2.06 bits per heavy atom. The Bertz CT molecular complexity index is 1020. The van der Waals surface area contributed by atoms with Crippen molar-refractivity contribution in [2.24, 2.45) is 0 Å². The number of aliphatic hydroxyl groups is 1. The Morgan fingerprint density at radius 3 is 2.74 bits per heavy atom. The van der Waals surface area contributed by atoms with Crippen LogP contribution in [0.25, 0.3) is 0 Å². The third-order valence-electron chi connectivity index (χ3n) is 5.60. The number of nitrogens with one attached hydrogen (secondary N) is 2. The smallest absolute Gasteiger partial charge is 0.346 e. The van der Waals surface area contributed by atoms with Gasteiger partial charge in [0.1, 0.15) is 23.2 Å². The Kier molecular flexibility index (Phi) is 10.0. The summed E-state index contributed by atoms with van der Waals surface area (Å²) in [6, 6.07) is 1.56. The van der Waals surface area contributed by atoms with E-state index in [0.29, 0.717) is 6.54 Å². The molecular weight excluding hydrogens is 506 g/mol. The van der Waals surface area contributed by atoms with E-state index in [1.165, 1.54) is 0 Å². The van der Waals surface area contributed by atoms with Gasteiger partial charge < -0.3 is 19.9 Å². The fraction of sp³-hybridized carbons (Fsp3) is 0.500. The molecule has 2 amide bonds. The molecule has 0 radical (unpaired) electrons. The quantitative estimate of drug-likeness (QED) is 0.298. The van der Waals surface area contributed by atoms with E-state index >= 15 is 0 Å². The summed E-state index contributed by atoms with van der Waals surface area (Å²) in [5, 5.41) is 14.6. The van der Waals surface area contributed by atoms with Crippen LogP contribution in [0.4, 0.5) is 18.6 Å². The number of carbonyl (C=O) groups excluding carboxylic acids is 2. The number of methoxy groups -OCH3 is 1. The zero-order valence-corrected chi connectivity index (χ0v) is 20.7. The number of hydrogen-bond donors (Lipinski definition) is 3. The Labute approximate surface area is 210 Å². The van der Waals surface area contributed by atoms with Gasteiger partial charge in [-0.15, -0.1) is 0 Å². The van der Waals surface area contributed by atoms with Crippen LogP contribution in [-0.4, -0.2) is 65.8 Å². The summed E-state index contributed by atoms with van der Waals surface area (Å²) in [5.41, 5.74) is -0.545. The van der Waals surface area contributed by atoms with Crippen molar-refractivity contribution < 1.29 is 33.0 Å². The Balaban J connectivity index is 1.53. The second-order valence-corrected chi connectivity index (χ2v) is 9.13. The Morgan fingerprint density at radius 1 is 1.31 bits per heavy atom. The number of unbranched alkanes of at least 4 members (excludes halogenated alkanes) is 1. The molecule has 0 spiro atoms. The number of urea groups is 1. The van der Waals surface area contributed by atoms with Crippen molar-refractivity contribution in [3.05, 3.63) is 39.9 Å². The topological polar surface area (TPSA) is 113 Å². The van der Waals surface area contributed by atoms with Crippen molar-refractivity contribution in [3.63, 3.8) is 0 Å². The molecule has 35 heavy (non-hydrogen) atoms. The largest absolute Gasteiger partial charge is 0.471 e. The maximum atomic E-state index is 14.0. The first-order chi connectivity index (χ1) is 16.8. The number of aliphatic hydroxyl groups excluding tert-OH is 1. The van der Waals surface area contributed by atoms with Gasteiger partial charge in [-0.05, 0) is 62.4 Å². The number of likely N-dealkylation sites (tertiary alicyclic amines) is 1. The fourth-order valence-electron chi connectivity index (χ4n) is 3.78. The first-order valence-electron chi connectivity index (χ1n) is 11.1. The third-order valence-corrected chi connectivity index (χ3v) is 6.57. The van der Waals surface area contributed by atoms with E-state index in [2.05, 4.69) is 19.9 Å². The van der Waals surface area contributed by atoms with Gasteiger partial charge in [0.05, 0.1) is 19.3 Å². The van der Waals surface area contributed by atoms with Crippen LogP contribution in [0.15, 0.2) is 12.1 Å². The van der Waals surface area contributed by atoms with Gasteiger partial charge in [-0.1, -0.05) is 11.6 Å². The van der Waals surface area contributed by atoms with Crippen molar-refractivity contribution in [3.8, 4) is 5.88 Å². The van der Waals surface area contributed by atoms with E-state index in [1.807, 2.05) is 0 Å².